The third-order valence-electron chi connectivity index (χ3n) is 5.77. The van der Waals surface area contributed by atoms with Gasteiger partial charge in [-0.3, -0.25) is 4.68 Å². The number of nitrogens with zero attached hydrogens (tertiary/aromatic N) is 3. The minimum atomic E-state index is -0.284. The fourth-order valence-corrected chi connectivity index (χ4v) is 4.63. The van der Waals surface area contributed by atoms with Crippen LogP contribution in [-0.2, 0) is 16.5 Å². The Hall–Kier alpha value is -1.95. The summed E-state index contributed by atoms with van der Waals surface area (Å²) in [5, 5.41) is 5.19. The van der Waals surface area contributed by atoms with Crippen LogP contribution in [0.2, 0.25) is 0 Å². The summed E-state index contributed by atoms with van der Waals surface area (Å²) in [5.41, 5.74) is 2.71. The van der Waals surface area contributed by atoms with E-state index in [-0.39, 0.29) is 23.6 Å². The van der Waals surface area contributed by atoms with Gasteiger partial charge >= 0.3 is 5.97 Å². The summed E-state index contributed by atoms with van der Waals surface area (Å²) in [6, 6.07) is 1.81. The van der Waals surface area contributed by atoms with Gasteiger partial charge in [0.15, 0.2) is 5.65 Å². The van der Waals surface area contributed by atoms with Crippen LogP contribution >= 0.6 is 0 Å². The van der Waals surface area contributed by atoms with Crippen molar-refractivity contribution in [1.82, 2.24) is 14.8 Å². The molecule has 2 aliphatic rings. The van der Waals surface area contributed by atoms with Crippen LogP contribution in [0.1, 0.15) is 48.4 Å². The van der Waals surface area contributed by atoms with E-state index in [0.717, 1.165) is 41.9 Å². The number of pyridine rings is 1. The highest BCUT2D eigenvalue weighted by molar-refractivity contribution is 6.04. The summed E-state index contributed by atoms with van der Waals surface area (Å²) in [4.78, 5) is 17.5. The Morgan fingerprint density at radius 3 is 2.92 bits per heavy atom. The highest BCUT2D eigenvalue weighted by atomic mass is 16.6. The van der Waals surface area contributed by atoms with Crippen LogP contribution in [0.15, 0.2) is 6.07 Å². The maximum atomic E-state index is 13.0. The average molecular weight is 343 g/mol. The lowest BCUT2D eigenvalue weighted by molar-refractivity contribution is -0.243. The zero-order valence-corrected chi connectivity index (χ0v) is 15.5. The van der Waals surface area contributed by atoms with Gasteiger partial charge in [0.25, 0.3) is 0 Å². The number of carbonyl (C=O) groups excluding carboxylic acids is 1. The first-order chi connectivity index (χ1) is 11.8. The van der Waals surface area contributed by atoms with Gasteiger partial charge in [-0.1, -0.05) is 13.8 Å². The molecule has 2 aromatic heterocycles. The molecule has 1 aliphatic heterocycles. The molecule has 0 bridgehead atoms. The quantitative estimate of drug-likeness (QED) is 0.784. The number of hydrogen-bond donors (Lipinski definition) is 0. The van der Waals surface area contributed by atoms with Crippen molar-refractivity contribution < 1.29 is 14.3 Å². The number of ether oxygens (including phenoxy) is 2. The first-order valence-corrected chi connectivity index (χ1v) is 8.94. The summed E-state index contributed by atoms with van der Waals surface area (Å²) in [5.74, 6) is 0.0230. The lowest BCUT2D eigenvalue weighted by Gasteiger charge is -2.58. The van der Waals surface area contributed by atoms with Crippen LogP contribution in [0.3, 0.4) is 0 Å². The van der Waals surface area contributed by atoms with Gasteiger partial charge in [-0.25, -0.2) is 9.78 Å². The van der Waals surface area contributed by atoms with Crippen molar-refractivity contribution in [3.05, 3.63) is 23.0 Å². The highest BCUT2D eigenvalue weighted by Gasteiger charge is 2.60. The molecule has 25 heavy (non-hydrogen) atoms. The number of rotatable bonds is 2. The van der Waals surface area contributed by atoms with Crippen LogP contribution in [0.4, 0.5) is 0 Å². The number of aromatic nitrogens is 3. The monoisotopic (exact) mass is 343 g/mol. The average Bonchev–Trinajstić information content (AvgIpc) is 2.86. The molecule has 0 N–H and O–H groups in total. The minimum absolute atomic E-state index is 0.106. The van der Waals surface area contributed by atoms with E-state index in [1.165, 1.54) is 0 Å². The van der Waals surface area contributed by atoms with Gasteiger partial charge in [0.05, 0.1) is 22.7 Å². The van der Waals surface area contributed by atoms with Gasteiger partial charge in [-0.05, 0) is 32.8 Å². The SMILES string of the molecule is Cc1cc(C(=O)O[C@H]2[C@H]3CCCO[C@@H]3C2(C)C)c2c(C)nn(C)c2n1. The van der Waals surface area contributed by atoms with Crippen molar-refractivity contribution in [2.24, 2.45) is 18.4 Å². The smallest absolute Gasteiger partial charge is 0.339 e. The number of carbonyl (C=O) groups is 1. The fraction of sp³-hybridized carbons (Fsp3) is 0.632. The number of aryl methyl sites for hydroxylation is 3. The second-order valence-corrected chi connectivity index (χ2v) is 7.96. The van der Waals surface area contributed by atoms with Crippen molar-refractivity contribution >= 4 is 17.0 Å². The molecule has 6 nitrogen and oxygen atoms in total. The van der Waals surface area contributed by atoms with E-state index in [4.69, 9.17) is 9.47 Å². The third kappa shape index (κ3) is 2.38. The van der Waals surface area contributed by atoms with Crippen LogP contribution in [0.25, 0.3) is 11.0 Å². The lowest BCUT2D eigenvalue weighted by Crippen LogP contribution is -2.65. The lowest BCUT2D eigenvalue weighted by atomic mass is 9.56. The Kier molecular flexibility index (Phi) is 3.65. The van der Waals surface area contributed by atoms with E-state index >= 15 is 0 Å². The Morgan fingerprint density at radius 2 is 2.16 bits per heavy atom. The minimum Gasteiger partial charge on any atom is -0.458 e. The normalized spacial score (nSPS) is 27.6. The van der Waals surface area contributed by atoms with Gasteiger partial charge in [0, 0.05) is 30.7 Å². The summed E-state index contributed by atoms with van der Waals surface area (Å²) in [7, 11) is 1.84. The fourth-order valence-electron chi connectivity index (χ4n) is 4.63. The maximum Gasteiger partial charge on any atom is 0.339 e. The zero-order chi connectivity index (χ0) is 17.9. The molecule has 134 valence electrons. The standard InChI is InChI=1S/C19H25N3O3/c1-10-9-13(14-11(2)21-22(5)17(14)20-10)18(23)25-16-12-7-6-8-24-15(12)19(16,3)4/h9,12,15-16H,6-8H2,1-5H3/t12-,15-,16-/m0/s1. The van der Waals surface area contributed by atoms with Crippen LogP contribution in [0, 0.1) is 25.2 Å². The van der Waals surface area contributed by atoms with E-state index in [1.54, 1.807) is 10.7 Å². The van der Waals surface area contributed by atoms with E-state index in [0.29, 0.717) is 11.5 Å². The Morgan fingerprint density at radius 1 is 1.40 bits per heavy atom. The predicted molar refractivity (Wildman–Crippen MR) is 93.4 cm³/mol. The maximum absolute atomic E-state index is 13.0. The summed E-state index contributed by atoms with van der Waals surface area (Å²) in [6.07, 6.45) is 2.18. The van der Waals surface area contributed by atoms with Crippen molar-refractivity contribution in [2.75, 3.05) is 6.61 Å². The van der Waals surface area contributed by atoms with Crippen LogP contribution in [0.5, 0.6) is 0 Å². The molecule has 3 atom stereocenters. The van der Waals surface area contributed by atoms with Crippen LogP contribution < -0.4 is 0 Å². The molecule has 1 saturated carbocycles. The Bertz CT molecular complexity index is 855. The first kappa shape index (κ1) is 16.5. The molecule has 0 unspecified atom stereocenters. The molecule has 0 aromatic carbocycles. The van der Waals surface area contributed by atoms with Gasteiger partial charge in [-0.15, -0.1) is 0 Å². The molecule has 0 spiro atoms. The molecule has 6 heteroatoms. The molecule has 4 rings (SSSR count). The van der Waals surface area contributed by atoms with Crippen molar-refractivity contribution in [2.45, 2.75) is 52.7 Å². The molecular formula is C19H25N3O3. The second kappa shape index (κ2) is 5.53. The van der Waals surface area contributed by atoms with Gasteiger partial charge in [-0.2, -0.15) is 5.10 Å². The van der Waals surface area contributed by atoms with Gasteiger partial charge in [0.1, 0.15) is 6.10 Å². The number of fused-ring (bicyclic) bond motifs is 2. The van der Waals surface area contributed by atoms with E-state index in [2.05, 4.69) is 23.9 Å². The van der Waals surface area contributed by atoms with Gasteiger partial charge in [0.2, 0.25) is 0 Å². The van der Waals surface area contributed by atoms with Crippen molar-refractivity contribution in [3.8, 4) is 0 Å². The summed E-state index contributed by atoms with van der Waals surface area (Å²) >= 11 is 0. The van der Waals surface area contributed by atoms with E-state index < -0.39 is 0 Å². The topological polar surface area (TPSA) is 66.2 Å². The van der Waals surface area contributed by atoms with Gasteiger partial charge < -0.3 is 9.47 Å². The highest BCUT2D eigenvalue weighted by Crippen LogP contribution is 2.53. The molecule has 3 heterocycles. The van der Waals surface area contributed by atoms with E-state index in [9.17, 15) is 4.79 Å². The van der Waals surface area contributed by atoms with Crippen LogP contribution in [-0.4, -0.2) is 39.5 Å². The Balaban J connectivity index is 1.67. The van der Waals surface area contributed by atoms with E-state index in [1.807, 2.05) is 20.9 Å². The van der Waals surface area contributed by atoms with Crippen molar-refractivity contribution in [1.29, 1.82) is 0 Å². The summed E-state index contributed by atoms with van der Waals surface area (Å²) < 4.78 is 13.6. The summed E-state index contributed by atoms with van der Waals surface area (Å²) in [6.45, 7) is 8.84. The molecule has 0 amide bonds. The van der Waals surface area contributed by atoms with Crippen molar-refractivity contribution in [3.63, 3.8) is 0 Å². The second-order valence-electron chi connectivity index (χ2n) is 7.96. The number of esters is 1. The Labute approximate surface area is 147 Å². The largest absolute Gasteiger partial charge is 0.458 e. The molecule has 2 aromatic rings. The third-order valence-corrected chi connectivity index (χ3v) is 5.77. The molecule has 2 fully saturated rings. The molecule has 0 radical (unpaired) electrons. The zero-order valence-electron chi connectivity index (χ0n) is 15.5. The molecular weight excluding hydrogens is 318 g/mol. The molecule has 1 aliphatic carbocycles. The molecule has 1 saturated heterocycles. The predicted octanol–water partition coefficient (Wildman–Crippen LogP) is 2.95. The first-order valence-electron chi connectivity index (χ1n) is 8.94. The number of hydrogen-bond acceptors (Lipinski definition) is 5.